The molecule has 0 saturated heterocycles. The smallest absolute Gasteiger partial charge is 0.460 e. The Hall–Kier alpha value is -2.09. The van der Waals surface area contributed by atoms with Gasteiger partial charge in [-0.25, -0.2) is 4.79 Å². The molecule has 0 bridgehead atoms. The van der Waals surface area contributed by atoms with Gasteiger partial charge < -0.3 is 15.2 Å². The van der Waals surface area contributed by atoms with Crippen LogP contribution in [0.25, 0.3) is 0 Å². The van der Waals surface area contributed by atoms with Gasteiger partial charge in [-0.3, -0.25) is 4.79 Å². The maximum absolute atomic E-state index is 12.5. The number of halogens is 3. The molecule has 0 aliphatic carbocycles. The van der Waals surface area contributed by atoms with Crippen LogP contribution in [0.1, 0.15) is 49.9 Å². The summed E-state index contributed by atoms with van der Waals surface area (Å²) in [6, 6.07) is 2.06. The lowest BCUT2D eigenvalue weighted by Crippen LogP contribution is -2.30. The molecule has 140 valence electrons. The minimum atomic E-state index is -5.14. The fraction of sp³-hybridized carbons (Fsp3) is 0.529. The summed E-state index contributed by atoms with van der Waals surface area (Å²) in [5, 5.41) is 0. The first kappa shape index (κ1) is 21.0. The van der Waals surface area contributed by atoms with E-state index in [1.807, 2.05) is 0 Å². The summed E-state index contributed by atoms with van der Waals surface area (Å²) < 4.78 is 47.1. The highest BCUT2D eigenvalue weighted by Crippen LogP contribution is 2.33. The van der Waals surface area contributed by atoms with Crippen LogP contribution >= 0.6 is 0 Å². The Balaban J connectivity index is 3.12. The largest absolute Gasteiger partial charge is 0.491 e. The standard InChI is InChI=1S/C17H22F3NO4/c1-9-6-10(2)14(24-15(23)17(18,19)20)11(7-9)12(21)8-13(22)25-16(3,4)5/h6-7,12H,8,21H2,1-5H3. The summed E-state index contributed by atoms with van der Waals surface area (Å²) in [5.41, 5.74) is 6.41. The molecule has 0 heterocycles. The van der Waals surface area contributed by atoms with Crippen LogP contribution in [0, 0.1) is 13.8 Å². The zero-order valence-corrected chi connectivity index (χ0v) is 14.8. The number of rotatable bonds is 4. The van der Waals surface area contributed by atoms with Gasteiger partial charge in [0.25, 0.3) is 0 Å². The molecule has 0 aliphatic rings. The summed E-state index contributed by atoms with van der Waals surface area (Å²) in [4.78, 5) is 23.1. The van der Waals surface area contributed by atoms with E-state index >= 15 is 0 Å². The lowest BCUT2D eigenvalue weighted by atomic mass is 9.98. The number of nitrogens with two attached hydrogens (primary N) is 1. The van der Waals surface area contributed by atoms with Crippen LogP contribution < -0.4 is 10.5 Å². The fourth-order valence-electron chi connectivity index (χ4n) is 2.23. The SMILES string of the molecule is Cc1cc(C)c(OC(=O)C(F)(F)F)c(C(N)CC(=O)OC(C)(C)C)c1. The average molecular weight is 361 g/mol. The molecule has 1 unspecified atom stereocenters. The van der Waals surface area contributed by atoms with Gasteiger partial charge in [-0.1, -0.05) is 17.7 Å². The lowest BCUT2D eigenvalue weighted by molar-refractivity contribution is -0.189. The van der Waals surface area contributed by atoms with Crippen molar-refractivity contribution in [3.8, 4) is 5.75 Å². The summed E-state index contributed by atoms with van der Waals surface area (Å²) in [5.74, 6) is -3.23. The molecular weight excluding hydrogens is 339 g/mol. The molecule has 0 amide bonds. The van der Waals surface area contributed by atoms with Crippen molar-refractivity contribution in [2.24, 2.45) is 5.73 Å². The maximum atomic E-state index is 12.5. The fourth-order valence-corrected chi connectivity index (χ4v) is 2.23. The van der Waals surface area contributed by atoms with E-state index in [0.29, 0.717) is 11.1 Å². The van der Waals surface area contributed by atoms with Gasteiger partial charge in [-0.05, 0) is 40.2 Å². The van der Waals surface area contributed by atoms with Gasteiger partial charge in [0.05, 0.1) is 6.42 Å². The Bertz CT molecular complexity index is 663. The third kappa shape index (κ3) is 6.38. The number of hydrogen-bond acceptors (Lipinski definition) is 5. The summed E-state index contributed by atoms with van der Waals surface area (Å²) in [6.07, 6.45) is -5.40. The number of aryl methyl sites for hydroxylation is 2. The molecule has 0 aromatic heterocycles. The number of alkyl halides is 3. The van der Waals surface area contributed by atoms with Crippen molar-refractivity contribution in [3.63, 3.8) is 0 Å². The van der Waals surface area contributed by atoms with Crippen LogP contribution in [0.3, 0.4) is 0 Å². The topological polar surface area (TPSA) is 78.6 Å². The Labute approximate surface area is 144 Å². The van der Waals surface area contributed by atoms with Crippen molar-refractivity contribution in [1.29, 1.82) is 0 Å². The quantitative estimate of drug-likeness (QED) is 0.656. The van der Waals surface area contributed by atoms with Gasteiger partial charge in [-0.15, -0.1) is 0 Å². The van der Waals surface area contributed by atoms with E-state index in [1.165, 1.54) is 13.0 Å². The highest BCUT2D eigenvalue weighted by Gasteiger charge is 2.42. The molecule has 0 aliphatic heterocycles. The number of carbonyl (C=O) groups is 2. The normalized spacial score (nSPS) is 13.3. The van der Waals surface area contributed by atoms with Crippen LogP contribution in [0.15, 0.2) is 12.1 Å². The van der Waals surface area contributed by atoms with Crippen LogP contribution in [-0.4, -0.2) is 23.7 Å². The summed E-state index contributed by atoms with van der Waals surface area (Å²) >= 11 is 0. The predicted molar refractivity (Wildman–Crippen MR) is 85.0 cm³/mol. The second kappa shape index (κ2) is 7.43. The Morgan fingerprint density at radius 3 is 2.20 bits per heavy atom. The molecule has 0 fully saturated rings. The van der Waals surface area contributed by atoms with E-state index in [-0.39, 0.29) is 17.7 Å². The van der Waals surface area contributed by atoms with Gasteiger partial charge in [0.2, 0.25) is 0 Å². The van der Waals surface area contributed by atoms with Crippen LogP contribution in [-0.2, 0) is 14.3 Å². The zero-order valence-electron chi connectivity index (χ0n) is 14.8. The summed E-state index contributed by atoms with van der Waals surface area (Å²) in [7, 11) is 0. The van der Waals surface area contributed by atoms with E-state index < -0.39 is 29.8 Å². The number of benzene rings is 1. The van der Waals surface area contributed by atoms with Gasteiger partial charge in [0, 0.05) is 11.6 Å². The van der Waals surface area contributed by atoms with Crippen molar-refractivity contribution in [3.05, 3.63) is 28.8 Å². The van der Waals surface area contributed by atoms with Gasteiger partial charge in [-0.2, -0.15) is 13.2 Å². The maximum Gasteiger partial charge on any atom is 0.491 e. The van der Waals surface area contributed by atoms with Crippen molar-refractivity contribution >= 4 is 11.9 Å². The van der Waals surface area contributed by atoms with Crippen molar-refractivity contribution in [1.82, 2.24) is 0 Å². The number of hydrogen-bond donors (Lipinski definition) is 1. The molecule has 8 heteroatoms. The first-order chi connectivity index (χ1) is 11.2. The lowest BCUT2D eigenvalue weighted by Gasteiger charge is -2.22. The van der Waals surface area contributed by atoms with E-state index in [4.69, 9.17) is 10.5 Å². The molecule has 0 radical (unpaired) electrons. The molecule has 1 rings (SSSR count). The molecule has 25 heavy (non-hydrogen) atoms. The second-order valence-corrected chi connectivity index (χ2v) is 6.78. The minimum Gasteiger partial charge on any atom is -0.460 e. The van der Waals surface area contributed by atoms with Crippen LogP contribution in [0.2, 0.25) is 0 Å². The van der Waals surface area contributed by atoms with Crippen molar-refractivity contribution in [2.45, 2.75) is 58.9 Å². The third-order valence-electron chi connectivity index (χ3n) is 3.08. The van der Waals surface area contributed by atoms with Gasteiger partial charge in [0.1, 0.15) is 11.4 Å². The first-order valence-electron chi connectivity index (χ1n) is 7.58. The molecule has 1 aromatic carbocycles. The highest BCUT2D eigenvalue weighted by atomic mass is 19.4. The summed E-state index contributed by atoms with van der Waals surface area (Å²) in [6.45, 7) is 8.26. The first-order valence-corrected chi connectivity index (χ1v) is 7.58. The number of esters is 2. The molecular formula is C17H22F3NO4. The molecule has 0 spiro atoms. The predicted octanol–water partition coefficient (Wildman–Crippen LogP) is 3.50. The van der Waals surface area contributed by atoms with Crippen LogP contribution in [0.5, 0.6) is 5.75 Å². The van der Waals surface area contributed by atoms with E-state index in [9.17, 15) is 22.8 Å². The highest BCUT2D eigenvalue weighted by molar-refractivity contribution is 5.79. The molecule has 5 nitrogen and oxygen atoms in total. The molecule has 1 aromatic rings. The van der Waals surface area contributed by atoms with Gasteiger partial charge in [0.15, 0.2) is 0 Å². The van der Waals surface area contributed by atoms with Gasteiger partial charge >= 0.3 is 18.1 Å². The monoisotopic (exact) mass is 361 g/mol. The third-order valence-corrected chi connectivity index (χ3v) is 3.08. The average Bonchev–Trinajstić information content (AvgIpc) is 2.37. The second-order valence-electron chi connectivity index (χ2n) is 6.78. The molecule has 2 N–H and O–H groups in total. The Morgan fingerprint density at radius 2 is 1.72 bits per heavy atom. The molecule has 1 atom stereocenters. The Morgan fingerprint density at radius 1 is 1.16 bits per heavy atom. The van der Waals surface area contributed by atoms with Crippen LogP contribution in [0.4, 0.5) is 13.2 Å². The van der Waals surface area contributed by atoms with E-state index in [2.05, 4.69) is 4.74 Å². The van der Waals surface area contributed by atoms with Crippen molar-refractivity contribution < 1.29 is 32.2 Å². The van der Waals surface area contributed by atoms with E-state index in [0.717, 1.165) is 0 Å². The zero-order chi connectivity index (χ0) is 19.6. The Kier molecular flexibility index (Phi) is 6.23. The van der Waals surface area contributed by atoms with Crippen molar-refractivity contribution in [2.75, 3.05) is 0 Å². The number of ether oxygens (including phenoxy) is 2. The number of carbonyl (C=O) groups excluding carboxylic acids is 2. The van der Waals surface area contributed by atoms with E-state index in [1.54, 1.807) is 33.8 Å². The minimum absolute atomic E-state index is 0.140. The molecule has 0 saturated carbocycles.